The molecule has 0 unspecified atom stereocenters. The van der Waals surface area contributed by atoms with Crippen molar-refractivity contribution in [2.75, 3.05) is 0 Å². The lowest BCUT2D eigenvalue weighted by Gasteiger charge is -2.07. The summed E-state index contributed by atoms with van der Waals surface area (Å²) in [6.45, 7) is 0. The molecule has 2 aromatic heterocycles. The average Bonchev–Trinajstić information content (AvgIpc) is 2.57. The zero-order chi connectivity index (χ0) is 16.2. The molecule has 3 rings (SSSR count). The van der Waals surface area contributed by atoms with E-state index in [1.54, 1.807) is 24.3 Å². The molecule has 23 heavy (non-hydrogen) atoms. The number of nitrogens with two attached hydrogens (primary N) is 1. The fourth-order valence-electron chi connectivity index (χ4n) is 1.92. The number of rotatable bonds is 4. The quantitative estimate of drug-likeness (QED) is 0.799. The van der Waals surface area contributed by atoms with E-state index in [1.165, 1.54) is 30.7 Å². The molecule has 0 saturated heterocycles. The van der Waals surface area contributed by atoms with Gasteiger partial charge in [0.15, 0.2) is 11.4 Å². The molecule has 2 N–H and O–H groups in total. The monoisotopic (exact) mass is 310 g/mol. The highest BCUT2D eigenvalue weighted by atomic mass is 19.1. The summed E-state index contributed by atoms with van der Waals surface area (Å²) in [4.78, 5) is 23.3. The molecule has 114 valence electrons. The number of hydrogen-bond acceptors (Lipinski definition) is 5. The Labute approximate surface area is 130 Å². The highest BCUT2D eigenvalue weighted by Crippen LogP contribution is 2.23. The maximum atomic E-state index is 12.9. The van der Waals surface area contributed by atoms with Crippen molar-refractivity contribution in [3.8, 4) is 22.9 Å². The standard InChI is InChI=1S/C16H11FN4O2/c17-12-5-3-10(4-6-12)11-8-20-16(21-9-11)23-13-2-1-7-19-14(13)15(18)22/h1-9H,(H2,18,22). The lowest BCUT2D eigenvalue weighted by molar-refractivity contribution is 0.0993. The number of amides is 1. The van der Waals surface area contributed by atoms with Crippen LogP contribution >= 0.6 is 0 Å². The second-order valence-corrected chi connectivity index (χ2v) is 4.58. The van der Waals surface area contributed by atoms with E-state index in [0.717, 1.165) is 5.56 Å². The molecule has 0 aliphatic heterocycles. The first-order valence-electron chi connectivity index (χ1n) is 6.64. The zero-order valence-electron chi connectivity index (χ0n) is 11.8. The number of pyridine rings is 1. The Balaban J connectivity index is 1.83. The number of benzene rings is 1. The molecule has 0 aliphatic carbocycles. The molecule has 1 aromatic carbocycles. The van der Waals surface area contributed by atoms with E-state index in [-0.39, 0.29) is 23.3 Å². The van der Waals surface area contributed by atoms with Crippen LogP contribution in [0.4, 0.5) is 4.39 Å². The van der Waals surface area contributed by atoms with Crippen LogP contribution in [0.15, 0.2) is 55.0 Å². The third kappa shape index (κ3) is 3.29. The molecule has 7 heteroatoms. The fourth-order valence-corrected chi connectivity index (χ4v) is 1.92. The largest absolute Gasteiger partial charge is 0.422 e. The van der Waals surface area contributed by atoms with Gasteiger partial charge >= 0.3 is 6.01 Å². The third-order valence-corrected chi connectivity index (χ3v) is 3.01. The lowest BCUT2D eigenvalue weighted by Crippen LogP contribution is -2.14. The Hall–Kier alpha value is -3.35. The lowest BCUT2D eigenvalue weighted by atomic mass is 10.1. The number of carbonyl (C=O) groups is 1. The molecule has 0 saturated carbocycles. The van der Waals surface area contributed by atoms with Crippen LogP contribution in [0, 0.1) is 5.82 Å². The van der Waals surface area contributed by atoms with Crippen LogP contribution < -0.4 is 10.5 Å². The maximum absolute atomic E-state index is 12.9. The number of aromatic nitrogens is 3. The number of halogens is 1. The molecule has 0 bridgehead atoms. The summed E-state index contributed by atoms with van der Waals surface area (Å²) in [6.07, 6.45) is 4.51. The molecule has 1 amide bonds. The van der Waals surface area contributed by atoms with Crippen molar-refractivity contribution in [3.05, 3.63) is 66.5 Å². The Morgan fingerprint density at radius 1 is 1.00 bits per heavy atom. The van der Waals surface area contributed by atoms with Crippen LogP contribution in [0.3, 0.4) is 0 Å². The molecule has 0 spiro atoms. The van der Waals surface area contributed by atoms with E-state index in [9.17, 15) is 9.18 Å². The SMILES string of the molecule is NC(=O)c1ncccc1Oc1ncc(-c2ccc(F)cc2)cn1. The molecule has 0 fully saturated rings. The fraction of sp³-hybridized carbons (Fsp3) is 0. The molecule has 0 aliphatic rings. The molecule has 0 atom stereocenters. The third-order valence-electron chi connectivity index (χ3n) is 3.01. The summed E-state index contributed by atoms with van der Waals surface area (Å²) in [5.74, 6) is -0.844. The van der Waals surface area contributed by atoms with Gasteiger partial charge in [0.2, 0.25) is 0 Å². The first-order chi connectivity index (χ1) is 11.1. The van der Waals surface area contributed by atoms with Gasteiger partial charge in [-0.2, -0.15) is 0 Å². The van der Waals surface area contributed by atoms with Crippen LogP contribution in [-0.2, 0) is 0 Å². The summed E-state index contributed by atoms with van der Waals surface area (Å²) in [5, 5.41) is 0. The molecular weight excluding hydrogens is 299 g/mol. The second kappa shape index (κ2) is 6.18. The smallest absolute Gasteiger partial charge is 0.321 e. The average molecular weight is 310 g/mol. The van der Waals surface area contributed by atoms with Crippen molar-refractivity contribution in [2.45, 2.75) is 0 Å². The second-order valence-electron chi connectivity index (χ2n) is 4.58. The predicted molar refractivity (Wildman–Crippen MR) is 80.3 cm³/mol. The van der Waals surface area contributed by atoms with Gasteiger partial charge in [-0.05, 0) is 29.8 Å². The Bertz CT molecular complexity index is 835. The summed E-state index contributed by atoms with van der Waals surface area (Å²) < 4.78 is 18.4. The van der Waals surface area contributed by atoms with Gasteiger partial charge < -0.3 is 10.5 Å². The van der Waals surface area contributed by atoms with E-state index >= 15 is 0 Å². The van der Waals surface area contributed by atoms with Gasteiger partial charge in [0.05, 0.1) is 0 Å². The first-order valence-corrected chi connectivity index (χ1v) is 6.64. The predicted octanol–water partition coefficient (Wildman–Crippen LogP) is 2.57. The zero-order valence-corrected chi connectivity index (χ0v) is 11.8. The van der Waals surface area contributed by atoms with Gasteiger partial charge in [-0.15, -0.1) is 0 Å². The minimum absolute atomic E-state index is 0.00119. The minimum atomic E-state index is -0.705. The van der Waals surface area contributed by atoms with Crippen LogP contribution in [0.1, 0.15) is 10.5 Å². The van der Waals surface area contributed by atoms with Gasteiger partial charge in [0, 0.05) is 24.2 Å². The van der Waals surface area contributed by atoms with Crippen LogP contribution in [-0.4, -0.2) is 20.9 Å². The maximum Gasteiger partial charge on any atom is 0.321 e. The normalized spacial score (nSPS) is 10.3. The number of primary amides is 1. The highest BCUT2D eigenvalue weighted by molar-refractivity contribution is 5.93. The van der Waals surface area contributed by atoms with E-state index in [4.69, 9.17) is 10.5 Å². The van der Waals surface area contributed by atoms with Crippen molar-refractivity contribution >= 4 is 5.91 Å². The minimum Gasteiger partial charge on any atom is -0.422 e. The number of nitrogens with zero attached hydrogens (tertiary/aromatic N) is 3. The summed E-state index contributed by atoms with van der Waals surface area (Å²) in [7, 11) is 0. The van der Waals surface area contributed by atoms with Crippen molar-refractivity contribution < 1.29 is 13.9 Å². The molecule has 6 nitrogen and oxygen atoms in total. The first kappa shape index (κ1) is 14.6. The molecular formula is C16H11FN4O2. The topological polar surface area (TPSA) is 91.0 Å². The Morgan fingerprint density at radius 3 is 2.35 bits per heavy atom. The van der Waals surface area contributed by atoms with Crippen LogP contribution in [0.25, 0.3) is 11.1 Å². The van der Waals surface area contributed by atoms with Crippen molar-refractivity contribution in [3.63, 3.8) is 0 Å². The van der Waals surface area contributed by atoms with Crippen molar-refractivity contribution in [1.29, 1.82) is 0 Å². The number of ether oxygens (including phenoxy) is 1. The molecule has 2 heterocycles. The van der Waals surface area contributed by atoms with E-state index in [1.807, 2.05) is 0 Å². The Morgan fingerprint density at radius 2 is 1.70 bits per heavy atom. The summed E-state index contributed by atoms with van der Waals surface area (Å²) >= 11 is 0. The molecule has 0 radical (unpaired) electrons. The van der Waals surface area contributed by atoms with Gasteiger partial charge in [0.25, 0.3) is 5.91 Å². The number of hydrogen-bond donors (Lipinski definition) is 1. The summed E-state index contributed by atoms with van der Waals surface area (Å²) in [5.41, 5.74) is 6.71. The highest BCUT2D eigenvalue weighted by Gasteiger charge is 2.12. The number of carbonyl (C=O) groups excluding carboxylic acids is 1. The van der Waals surface area contributed by atoms with Crippen molar-refractivity contribution in [2.24, 2.45) is 5.73 Å². The van der Waals surface area contributed by atoms with Gasteiger partial charge in [-0.1, -0.05) is 12.1 Å². The summed E-state index contributed by atoms with van der Waals surface area (Å²) in [6, 6.07) is 9.16. The van der Waals surface area contributed by atoms with E-state index < -0.39 is 5.91 Å². The van der Waals surface area contributed by atoms with Crippen LogP contribution in [0.2, 0.25) is 0 Å². The van der Waals surface area contributed by atoms with E-state index in [2.05, 4.69) is 15.0 Å². The van der Waals surface area contributed by atoms with Gasteiger partial charge in [-0.25, -0.2) is 19.3 Å². The van der Waals surface area contributed by atoms with Crippen molar-refractivity contribution in [1.82, 2.24) is 15.0 Å². The van der Waals surface area contributed by atoms with Gasteiger partial charge in [-0.3, -0.25) is 4.79 Å². The van der Waals surface area contributed by atoms with Gasteiger partial charge in [0.1, 0.15) is 5.82 Å². The molecule has 3 aromatic rings. The Kier molecular flexibility index (Phi) is 3.92. The van der Waals surface area contributed by atoms with E-state index in [0.29, 0.717) is 5.56 Å². The van der Waals surface area contributed by atoms with Crippen LogP contribution in [0.5, 0.6) is 11.8 Å².